The summed E-state index contributed by atoms with van der Waals surface area (Å²) >= 11 is 0. The van der Waals surface area contributed by atoms with Crippen LogP contribution < -0.4 is 10.9 Å². The molecule has 0 aromatic rings. The van der Waals surface area contributed by atoms with Gasteiger partial charge in [0.1, 0.15) is 0 Å². The normalized spacial score (nSPS) is 8.55. The number of amides is 2. The highest BCUT2D eigenvalue weighted by Gasteiger charge is 2.00. The molecule has 0 aromatic carbocycles. The fraction of sp³-hybridized carbons (Fsp3) is 0.600. The first-order valence-corrected chi connectivity index (χ1v) is 3.02. The number of rotatable bonds is 2. The summed E-state index contributed by atoms with van der Waals surface area (Å²) < 4.78 is 0. The fourth-order valence-corrected chi connectivity index (χ4v) is 0.272. The lowest BCUT2D eigenvalue weighted by molar-refractivity contribution is -0.235. The SMILES string of the molecule is CCOOC(=O)NNC(C)=O. The molecule has 6 nitrogen and oxygen atoms in total. The summed E-state index contributed by atoms with van der Waals surface area (Å²) in [7, 11) is 0. The van der Waals surface area contributed by atoms with E-state index in [1.165, 1.54) is 6.92 Å². The molecular formula is C5H10N2O4. The molecule has 2 amide bonds. The number of hydrazine groups is 1. The summed E-state index contributed by atoms with van der Waals surface area (Å²) in [6, 6.07) is 0. The van der Waals surface area contributed by atoms with Crippen LogP contribution in [-0.2, 0) is 14.6 Å². The summed E-state index contributed by atoms with van der Waals surface area (Å²) in [6.45, 7) is 3.17. The van der Waals surface area contributed by atoms with Crippen molar-refractivity contribution in [1.82, 2.24) is 10.9 Å². The number of carbonyl (C=O) groups excluding carboxylic acids is 2. The molecular weight excluding hydrogens is 152 g/mol. The molecule has 0 bridgehead atoms. The van der Waals surface area contributed by atoms with Crippen molar-refractivity contribution in [3.05, 3.63) is 0 Å². The average Bonchev–Trinajstić information content (AvgIpc) is 1.97. The molecule has 0 radical (unpaired) electrons. The Kier molecular flexibility index (Phi) is 4.83. The van der Waals surface area contributed by atoms with E-state index in [4.69, 9.17) is 0 Å². The van der Waals surface area contributed by atoms with E-state index in [0.29, 0.717) is 0 Å². The first-order chi connectivity index (χ1) is 5.16. The number of carbonyl (C=O) groups is 2. The molecule has 0 aromatic heterocycles. The van der Waals surface area contributed by atoms with Crippen molar-refractivity contribution >= 4 is 12.0 Å². The number of hydrogen-bond acceptors (Lipinski definition) is 4. The predicted molar refractivity (Wildman–Crippen MR) is 35.1 cm³/mol. The third kappa shape index (κ3) is 6.59. The second kappa shape index (κ2) is 5.48. The topological polar surface area (TPSA) is 76.7 Å². The average molecular weight is 162 g/mol. The van der Waals surface area contributed by atoms with Gasteiger partial charge < -0.3 is 0 Å². The van der Waals surface area contributed by atoms with Crippen LogP contribution in [-0.4, -0.2) is 18.6 Å². The van der Waals surface area contributed by atoms with E-state index in [2.05, 4.69) is 9.78 Å². The fourth-order valence-electron chi connectivity index (χ4n) is 0.272. The Morgan fingerprint density at radius 1 is 1.36 bits per heavy atom. The predicted octanol–water partition coefficient (Wildman–Crippen LogP) is -0.285. The van der Waals surface area contributed by atoms with Crippen molar-refractivity contribution in [3.63, 3.8) is 0 Å². The summed E-state index contributed by atoms with van der Waals surface area (Å²) in [5, 5.41) is 0. The molecule has 0 spiro atoms. The zero-order valence-corrected chi connectivity index (χ0v) is 6.34. The largest absolute Gasteiger partial charge is 0.457 e. The first kappa shape index (κ1) is 9.70. The van der Waals surface area contributed by atoms with Crippen LogP contribution in [0.2, 0.25) is 0 Å². The van der Waals surface area contributed by atoms with Gasteiger partial charge >= 0.3 is 6.09 Å². The van der Waals surface area contributed by atoms with E-state index in [9.17, 15) is 9.59 Å². The molecule has 0 aliphatic heterocycles. The minimum Gasteiger partial charge on any atom is -0.274 e. The van der Waals surface area contributed by atoms with Crippen molar-refractivity contribution in [2.75, 3.05) is 6.61 Å². The smallest absolute Gasteiger partial charge is 0.274 e. The van der Waals surface area contributed by atoms with Crippen LogP contribution in [0.25, 0.3) is 0 Å². The minimum absolute atomic E-state index is 0.257. The van der Waals surface area contributed by atoms with Gasteiger partial charge in [0.2, 0.25) is 5.91 Å². The lowest BCUT2D eigenvalue weighted by Crippen LogP contribution is -2.40. The molecule has 11 heavy (non-hydrogen) atoms. The van der Waals surface area contributed by atoms with Gasteiger partial charge in [0.05, 0.1) is 6.61 Å². The van der Waals surface area contributed by atoms with Crippen molar-refractivity contribution in [1.29, 1.82) is 0 Å². The Bertz CT molecular complexity index is 147. The van der Waals surface area contributed by atoms with Crippen LogP contribution in [0.3, 0.4) is 0 Å². The Morgan fingerprint density at radius 3 is 2.45 bits per heavy atom. The Hall–Kier alpha value is -1.30. The molecule has 0 aliphatic rings. The highest BCUT2D eigenvalue weighted by molar-refractivity contribution is 5.76. The zero-order valence-electron chi connectivity index (χ0n) is 6.34. The van der Waals surface area contributed by atoms with Gasteiger partial charge in [-0.05, 0) is 6.92 Å². The quantitative estimate of drug-likeness (QED) is 0.432. The third-order valence-corrected chi connectivity index (χ3v) is 0.593. The van der Waals surface area contributed by atoms with Crippen molar-refractivity contribution < 1.29 is 19.4 Å². The van der Waals surface area contributed by atoms with Gasteiger partial charge in [0, 0.05) is 6.92 Å². The second-order valence-corrected chi connectivity index (χ2v) is 1.58. The molecule has 0 saturated heterocycles. The van der Waals surface area contributed by atoms with Crippen molar-refractivity contribution in [2.45, 2.75) is 13.8 Å². The van der Waals surface area contributed by atoms with E-state index in [0.717, 1.165) is 0 Å². The van der Waals surface area contributed by atoms with E-state index in [1.807, 2.05) is 10.9 Å². The summed E-state index contributed by atoms with van der Waals surface area (Å²) in [6.07, 6.45) is -0.859. The molecule has 0 saturated carbocycles. The lowest BCUT2D eigenvalue weighted by atomic mass is 10.8. The molecule has 0 fully saturated rings. The van der Waals surface area contributed by atoms with Gasteiger partial charge in [0.15, 0.2) is 0 Å². The maximum atomic E-state index is 10.4. The lowest BCUT2D eigenvalue weighted by Gasteiger charge is -2.03. The van der Waals surface area contributed by atoms with E-state index < -0.39 is 12.0 Å². The van der Waals surface area contributed by atoms with E-state index in [-0.39, 0.29) is 6.61 Å². The van der Waals surface area contributed by atoms with Gasteiger partial charge in [-0.15, -0.1) is 0 Å². The number of nitrogens with one attached hydrogen (secondary N) is 2. The molecule has 2 N–H and O–H groups in total. The molecule has 6 heteroatoms. The minimum atomic E-state index is -0.859. The highest BCUT2D eigenvalue weighted by Crippen LogP contribution is 1.76. The van der Waals surface area contributed by atoms with Crippen LogP contribution >= 0.6 is 0 Å². The molecule has 64 valence electrons. The molecule has 0 rings (SSSR count). The summed E-state index contributed by atoms with van der Waals surface area (Å²) in [4.78, 5) is 29.0. The first-order valence-electron chi connectivity index (χ1n) is 3.02. The maximum Gasteiger partial charge on any atom is 0.457 e. The molecule has 0 unspecified atom stereocenters. The van der Waals surface area contributed by atoms with Gasteiger partial charge in [-0.1, -0.05) is 0 Å². The number of hydrogen-bond donors (Lipinski definition) is 2. The van der Waals surface area contributed by atoms with E-state index in [1.54, 1.807) is 6.92 Å². The van der Waals surface area contributed by atoms with Gasteiger partial charge in [-0.25, -0.2) is 10.2 Å². The summed E-state index contributed by atoms with van der Waals surface area (Å²) in [5.74, 6) is -0.390. The molecule has 0 aliphatic carbocycles. The van der Waals surface area contributed by atoms with Crippen LogP contribution in [0, 0.1) is 0 Å². The standard InChI is InChI=1S/C5H10N2O4/c1-3-10-11-5(9)7-6-4(2)8/h3H2,1-2H3,(H,6,8)(H,7,9). The summed E-state index contributed by atoms with van der Waals surface area (Å²) in [5.41, 5.74) is 3.94. The van der Waals surface area contributed by atoms with Crippen LogP contribution in [0.5, 0.6) is 0 Å². The molecule has 0 atom stereocenters. The van der Waals surface area contributed by atoms with Crippen LogP contribution in [0.1, 0.15) is 13.8 Å². The van der Waals surface area contributed by atoms with Gasteiger partial charge in [-0.3, -0.25) is 15.1 Å². The van der Waals surface area contributed by atoms with Crippen LogP contribution in [0.15, 0.2) is 0 Å². The van der Waals surface area contributed by atoms with Crippen LogP contribution in [0.4, 0.5) is 4.79 Å². The molecule has 0 heterocycles. The Morgan fingerprint density at radius 2 is 2.00 bits per heavy atom. The van der Waals surface area contributed by atoms with Gasteiger partial charge in [0.25, 0.3) is 0 Å². The van der Waals surface area contributed by atoms with Gasteiger partial charge in [-0.2, -0.15) is 4.89 Å². The monoisotopic (exact) mass is 162 g/mol. The Labute approximate surface area is 63.7 Å². The second-order valence-electron chi connectivity index (χ2n) is 1.58. The van der Waals surface area contributed by atoms with E-state index >= 15 is 0 Å². The highest BCUT2D eigenvalue weighted by atomic mass is 17.2. The van der Waals surface area contributed by atoms with Crippen molar-refractivity contribution in [2.24, 2.45) is 0 Å². The zero-order chi connectivity index (χ0) is 8.69. The third-order valence-electron chi connectivity index (χ3n) is 0.593. The maximum absolute atomic E-state index is 10.4. The Balaban J connectivity index is 3.30. The van der Waals surface area contributed by atoms with Crippen molar-refractivity contribution in [3.8, 4) is 0 Å².